The van der Waals surface area contributed by atoms with Gasteiger partial charge in [0.05, 0.1) is 0 Å². The van der Waals surface area contributed by atoms with Crippen LogP contribution in [0, 0.1) is 25.2 Å². The summed E-state index contributed by atoms with van der Waals surface area (Å²) in [7, 11) is 0. The molecular formula is C25H23N3O2. The van der Waals surface area contributed by atoms with Gasteiger partial charge in [0, 0.05) is 25.2 Å². The molecule has 1 N–H and O–H groups in total. The van der Waals surface area contributed by atoms with Crippen LogP contribution in [0.25, 0.3) is 11.1 Å². The maximum Gasteiger partial charge on any atom is 0.266 e. The van der Waals surface area contributed by atoms with E-state index in [4.69, 9.17) is 0 Å². The summed E-state index contributed by atoms with van der Waals surface area (Å²) in [5.74, 6) is 0.0602. The first-order valence-electron chi connectivity index (χ1n) is 10.1. The highest BCUT2D eigenvalue weighted by atomic mass is 16.2. The predicted octanol–water partition coefficient (Wildman–Crippen LogP) is 4.01. The van der Waals surface area contributed by atoms with Crippen molar-refractivity contribution in [2.24, 2.45) is 0 Å². The number of rotatable bonds is 3. The normalized spacial score (nSPS) is 12.5. The summed E-state index contributed by atoms with van der Waals surface area (Å²) in [4.78, 5) is 29.8. The zero-order valence-corrected chi connectivity index (χ0v) is 17.2. The van der Waals surface area contributed by atoms with E-state index in [0.717, 1.165) is 22.4 Å². The Bertz CT molecular complexity index is 1190. The van der Waals surface area contributed by atoms with Crippen LogP contribution in [0.1, 0.15) is 39.9 Å². The van der Waals surface area contributed by atoms with Crippen molar-refractivity contribution in [3.63, 3.8) is 0 Å². The van der Waals surface area contributed by atoms with Crippen molar-refractivity contribution >= 4 is 5.91 Å². The topological polar surface area (TPSA) is 77.0 Å². The maximum atomic E-state index is 13.2. The zero-order chi connectivity index (χ0) is 21.3. The van der Waals surface area contributed by atoms with Gasteiger partial charge in [-0.25, -0.2) is 0 Å². The molecule has 0 saturated heterocycles. The van der Waals surface area contributed by atoms with E-state index in [1.165, 1.54) is 11.1 Å². The van der Waals surface area contributed by atoms with Gasteiger partial charge in [0.15, 0.2) is 0 Å². The standard InChI is InChI=1S/C25H23N3O2/c1-16-20(17(2)27-25(30)23(16)13-26)11-12-24(29)28-14-18-7-3-5-9-21(18)22-10-6-4-8-19(22)15-28/h3-10H,11-12,14-15H2,1-2H3,(H,27,30). The largest absolute Gasteiger partial charge is 0.334 e. The summed E-state index contributed by atoms with van der Waals surface area (Å²) in [6.07, 6.45) is 0.810. The summed E-state index contributed by atoms with van der Waals surface area (Å²) >= 11 is 0. The molecular weight excluding hydrogens is 374 g/mol. The molecule has 0 saturated carbocycles. The minimum atomic E-state index is -0.372. The molecule has 2 aromatic carbocycles. The van der Waals surface area contributed by atoms with Crippen molar-refractivity contribution in [1.29, 1.82) is 5.26 Å². The van der Waals surface area contributed by atoms with Gasteiger partial charge in [-0.1, -0.05) is 48.5 Å². The quantitative estimate of drug-likeness (QED) is 0.726. The fourth-order valence-corrected chi connectivity index (χ4v) is 4.30. The summed E-state index contributed by atoms with van der Waals surface area (Å²) in [5, 5.41) is 9.27. The number of hydrogen-bond donors (Lipinski definition) is 1. The van der Waals surface area contributed by atoms with E-state index in [1.54, 1.807) is 6.92 Å². The van der Waals surface area contributed by atoms with Gasteiger partial charge in [-0.05, 0) is 53.6 Å². The lowest BCUT2D eigenvalue weighted by atomic mass is 9.97. The molecule has 0 spiro atoms. The van der Waals surface area contributed by atoms with Crippen LogP contribution in [0.3, 0.4) is 0 Å². The Balaban J connectivity index is 1.60. The third-order valence-electron chi connectivity index (χ3n) is 5.91. The van der Waals surface area contributed by atoms with Crippen LogP contribution in [0.15, 0.2) is 53.3 Å². The number of aryl methyl sites for hydroxylation is 1. The van der Waals surface area contributed by atoms with Gasteiger partial charge < -0.3 is 9.88 Å². The van der Waals surface area contributed by atoms with E-state index in [9.17, 15) is 14.9 Å². The molecule has 5 nitrogen and oxygen atoms in total. The minimum absolute atomic E-state index is 0.0602. The third kappa shape index (κ3) is 3.53. The van der Waals surface area contributed by atoms with E-state index < -0.39 is 0 Å². The van der Waals surface area contributed by atoms with Gasteiger partial charge in [0.1, 0.15) is 11.6 Å². The average Bonchev–Trinajstić information content (AvgIpc) is 2.90. The van der Waals surface area contributed by atoms with Crippen LogP contribution in [0.4, 0.5) is 0 Å². The SMILES string of the molecule is Cc1[nH]c(=O)c(C#N)c(C)c1CCC(=O)N1Cc2ccccc2-c2ccccc2C1. The van der Waals surface area contributed by atoms with Crippen LogP contribution < -0.4 is 5.56 Å². The molecule has 0 aliphatic carbocycles. The van der Waals surface area contributed by atoms with Gasteiger partial charge in [-0.2, -0.15) is 5.26 Å². The number of H-pyrrole nitrogens is 1. The molecule has 2 heterocycles. The number of nitrogens with one attached hydrogen (secondary N) is 1. The van der Waals surface area contributed by atoms with Gasteiger partial charge in [0.2, 0.25) is 5.91 Å². The molecule has 1 amide bonds. The lowest BCUT2D eigenvalue weighted by molar-refractivity contribution is -0.132. The molecule has 4 rings (SSSR count). The number of carbonyl (C=O) groups excluding carboxylic acids is 1. The molecule has 0 radical (unpaired) electrons. The number of carbonyl (C=O) groups is 1. The number of amides is 1. The molecule has 1 aliphatic rings. The predicted molar refractivity (Wildman–Crippen MR) is 116 cm³/mol. The van der Waals surface area contributed by atoms with Gasteiger partial charge in [-0.3, -0.25) is 9.59 Å². The molecule has 0 fully saturated rings. The molecule has 1 aliphatic heterocycles. The monoisotopic (exact) mass is 397 g/mol. The van der Waals surface area contributed by atoms with Crippen molar-refractivity contribution < 1.29 is 4.79 Å². The van der Waals surface area contributed by atoms with Gasteiger partial charge in [-0.15, -0.1) is 0 Å². The Morgan fingerprint density at radius 3 is 2.17 bits per heavy atom. The average molecular weight is 397 g/mol. The molecule has 1 aromatic heterocycles. The summed E-state index contributed by atoms with van der Waals surface area (Å²) in [5.41, 5.74) is 6.63. The lowest BCUT2D eigenvalue weighted by Gasteiger charge is -2.22. The first kappa shape index (κ1) is 19.7. The lowest BCUT2D eigenvalue weighted by Crippen LogP contribution is -2.30. The van der Waals surface area contributed by atoms with E-state index in [0.29, 0.717) is 31.5 Å². The maximum absolute atomic E-state index is 13.2. The number of nitrogens with zero attached hydrogens (tertiary/aromatic N) is 2. The highest BCUT2D eigenvalue weighted by molar-refractivity contribution is 5.79. The number of nitriles is 1. The molecule has 0 atom stereocenters. The van der Waals surface area contributed by atoms with Gasteiger partial charge in [0.25, 0.3) is 5.56 Å². The number of hydrogen-bond acceptors (Lipinski definition) is 3. The van der Waals surface area contributed by atoms with E-state index in [1.807, 2.05) is 42.2 Å². The minimum Gasteiger partial charge on any atom is -0.334 e. The number of pyridine rings is 1. The number of fused-ring (bicyclic) bond motifs is 3. The van der Waals surface area contributed by atoms with Crippen molar-refractivity contribution in [3.05, 3.63) is 92.4 Å². The van der Waals surface area contributed by atoms with Crippen molar-refractivity contribution in [1.82, 2.24) is 9.88 Å². The summed E-state index contributed by atoms with van der Waals surface area (Å²) in [6, 6.07) is 18.4. The fourth-order valence-electron chi connectivity index (χ4n) is 4.30. The Morgan fingerprint density at radius 1 is 1.03 bits per heavy atom. The van der Waals surface area contributed by atoms with Crippen molar-refractivity contribution in [2.75, 3.05) is 0 Å². The van der Waals surface area contributed by atoms with Crippen LogP contribution in [0.2, 0.25) is 0 Å². The van der Waals surface area contributed by atoms with Crippen LogP contribution in [-0.2, 0) is 24.3 Å². The first-order valence-corrected chi connectivity index (χ1v) is 10.1. The fraction of sp³-hybridized carbons (Fsp3) is 0.240. The molecule has 150 valence electrons. The molecule has 5 heteroatoms. The Morgan fingerprint density at radius 2 is 1.60 bits per heavy atom. The highest BCUT2D eigenvalue weighted by Gasteiger charge is 2.23. The van der Waals surface area contributed by atoms with Crippen LogP contribution in [-0.4, -0.2) is 15.8 Å². The molecule has 0 bridgehead atoms. The molecule has 0 unspecified atom stereocenters. The third-order valence-corrected chi connectivity index (χ3v) is 5.91. The Labute approximate surface area is 175 Å². The Kier molecular flexibility index (Phi) is 5.24. The first-order chi connectivity index (χ1) is 14.5. The smallest absolute Gasteiger partial charge is 0.266 e. The second kappa shape index (κ2) is 8.00. The van der Waals surface area contributed by atoms with E-state index >= 15 is 0 Å². The molecule has 30 heavy (non-hydrogen) atoms. The van der Waals surface area contributed by atoms with E-state index in [-0.39, 0.29) is 17.0 Å². The van der Waals surface area contributed by atoms with Crippen molar-refractivity contribution in [2.45, 2.75) is 39.8 Å². The summed E-state index contributed by atoms with van der Waals surface area (Å²) < 4.78 is 0. The molecule has 3 aromatic rings. The number of benzene rings is 2. The van der Waals surface area contributed by atoms with Crippen LogP contribution in [0.5, 0.6) is 0 Å². The van der Waals surface area contributed by atoms with E-state index in [2.05, 4.69) is 29.2 Å². The van der Waals surface area contributed by atoms with Crippen LogP contribution >= 0.6 is 0 Å². The second-order valence-corrected chi connectivity index (χ2v) is 7.73. The number of aromatic amines is 1. The summed E-state index contributed by atoms with van der Waals surface area (Å²) in [6.45, 7) is 4.72. The highest BCUT2D eigenvalue weighted by Crippen LogP contribution is 2.32. The van der Waals surface area contributed by atoms with Crippen molar-refractivity contribution in [3.8, 4) is 17.2 Å². The number of aromatic nitrogens is 1. The van der Waals surface area contributed by atoms with Gasteiger partial charge >= 0.3 is 0 Å². The second-order valence-electron chi connectivity index (χ2n) is 7.73. The zero-order valence-electron chi connectivity index (χ0n) is 17.2. The Hall–Kier alpha value is -3.65.